The van der Waals surface area contributed by atoms with Gasteiger partial charge in [-0.25, -0.2) is 4.98 Å². The molecule has 3 heterocycles. The van der Waals surface area contributed by atoms with Crippen molar-refractivity contribution in [2.24, 2.45) is 5.92 Å². The Bertz CT molecular complexity index is 1090. The molecule has 1 unspecified atom stereocenters. The first kappa shape index (κ1) is 21.7. The van der Waals surface area contributed by atoms with Crippen LogP contribution in [0.1, 0.15) is 48.9 Å². The minimum absolute atomic E-state index is 0.0636. The zero-order valence-corrected chi connectivity index (χ0v) is 17.8. The predicted octanol–water partition coefficient (Wildman–Crippen LogP) is 5.79. The zero-order chi connectivity index (χ0) is 22.2. The Kier molecular flexibility index (Phi) is 5.97. The van der Waals surface area contributed by atoms with Crippen molar-refractivity contribution in [3.8, 4) is 0 Å². The second-order valence-corrected chi connectivity index (χ2v) is 8.64. The van der Waals surface area contributed by atoms with Gasteiger partial charge >= 0.3 is 6.18 Å². The average Bonchev–Trinajstić information content (AvgIpc) is 3.14. The number of fused-ring (bicyclic) bond motifs is 1. The SMILES string of the molecule is CC1CCN(C(=O)CC(c2cccc(C(F)(F)F)c2)c2cnc3ccc(Cl)cn23)CC1. The van der Waals surface area contributed by atoms with Crippen LogP contribution in [0.3, 0.4) is 0 Å². The number of carbonyl (C=O) groups is 1. The lowest BCUT2D eigenvalue weighted by Crippen LogP contribution is -2.38. The Morgan fingerprint density at radius 3 is 2.68 bits per heavy atom. The van der Waals surface area contributed by atoms with Crippen LogP contribution in [0.4, 0.5) is 13.2 Å². The molecule has 1 aliphatic rings. The number of hydrogen-bond donors (Lipinski definition) is 0. The molecule has 1 amide bonds. The van der Waals surface area contributed by atoms with Crippen LogP contribution in [0.25, 0.3) is 5.65 Å². The monoisotopic (exact) mass is 449 g/mol. The fourth-order valence-corrected chi connectivity index (χ4v) is 4.28. The van der Waals surface area contributed by atoms with Gasteiger partial charge in [-0.1, -0.05) is 36.7 Å². The molecule has 8 heteroatoms. The predicted molar refractivity (Wildman–Crippen MR) is 113 cm³/mol. The molecule has 1 aromatic carbocycles. The van der Waals surface area contributed by atoms with Gasteiger partial charge in [0, 0.05) is 37.8 Å². The molecule has 0 aliphatic carbocycles. The van der Waals surface area contributed by atoms with Crippen LogP contribution in [0.15, 0.2) is 48.8 Å². The molecule has 1 fully saturated rings. The van der Waals surface area contributed by atoms with Crippen molar-refractivity contribution >= 4 is 23.2 Å². The Labute approximate surface area is 183 Å². The van der Waals surface area contributed by atoms with Crippen LogP contribution in [-0.4, -0.2) is 33.3 Å². The molecule has 4 nitrogen and oxygen atoms in total. The fourth-order valence-electron chi connectivity index (χ4n) is 4.12. The first-order chi connectivity index (χ1) is 14.7. The highest BCUT2D eigenvalue weighted by molar-refractivity contribution is 6.30. The second kappa shape index (κ2) is 8.54. The highest BCUT2D eigenvalue weighted by Crippen LogP contribution is 2.35. The molecule has 0 spiro atoms. The van der Waals surface area contributed by atoms with E-state index < -0.39 is 17.7 Å². The summed E-state index contributed by atoms with van der Waals surface area (Å²) in [5.74, 6) is -0.0712. The molecule has 31 heavy (non-hydrogen) atoms. The van der Waals surface area contributed by atoms with Gasteiger partial charge < -0.3 is 9.30 Å². The number of amides is 1. The number of benzene rings is 1. The van der Waals surface area contributed by atoms with Gasteiger partial charge in [-0.15, -0.1) is 0 Å². The Balaban J connectivity index is 1.74. The number of rotatable bonds is 4. The van der Waals surface area contributed by atoms with Crippen molar-refractivity contribution < 1.29 is 18.0 Å². The van der Waals surface area contributed by atoms with Crippen LogP contribution in [0.2, 0.25) is 5.02 Å². The van der Waals surface area contributed by atoms with Crippen molar-refractivity contribution in [3.63, 3.8) is 0 Å². The summed E-state index contributed by atoms with van der Waals surface area (Å²) in [5, 5.41) is 0.478. The van der Waals surface area contributed by atoms with E-state index >= 15 is 0 Å². The van der Waals surface area contributed by atoms with Crippen molar-refractivity contribution in [3.05, 3.63) is 70.6 Å². The van der Waals surface area contributed by atoms with Gasteiger partial charge in [-0.3, -0.25) is 4.79 Å². The molecule has 164 valence electrons. The molecule has 0 saturated carbocycles. The van der Waals surface area contributed by atoms with Crippen molar-refractivity contribution in [2.75, 3.05) is 13.1 Å². The Morgan fingerprint density at radius 2 is 1.97 bits per heavy atom. The number of pyridine rings is 1. The standard InChI is InChI=1S/C23H23ClF3N3O/c1-15-7-9-29(10-8-15)22(31)12-19(16-3-2-4-17(11-16)23(25,26)27)20-13-28-21-6-5-18(24)14-30(20)21/h2-6,11,13-15,19H,7-10,12H2,1H3. The number of nitrogens with zero attached hydrogens (tertiary/aromatic N) is 3. The maximum absolute atomic E-state index is 13.4. The van der Waals surface area contributed by atoms with E-state index in [-0.39, 0.29) is 12.3 Å². The van der Waals surface area contributed by atoms with Crippen molar-refractivity contribution in [1.82, 2.24) is 14.3 Å². The van der Waals surface area contributed by atoms with Gasteiger partial charge in [0.05, 0.1) is 16.3 Å². The smallest absolute Gasteiger partial charge is 0.343 e. The van der Waals surface area contributed by atoms with Crippen LogP contribution in [0, 0.1) is 5.92 Å². The minimum atomic E-state index is -4.46. The molecular weight excluding hydrogens is 427 g/mol. The van der Waals surface area contributed by atoms with E-state index in [1.165, 1.54) is 6.07 Å². The summed E-state index contributed by atoms with van der Waals surface area (Å²) in [6.45, 7) is 3.51. The lowest BCUT2D eigenvalue weighted by atomic mass is 9.90. The highest BCUT2D eigenvalue weighted by atomic mass is 35.5. The molecular formula is C23H23ClF3N3O. The summed E-state index contributed by atoms with van der Waals surface area (Å²) in [5.41, 5.74) is 0.947. The van der Waals surface area contributed by atoms with Gasteiger partial charge in [0.1, 0.15) is 5.65 Å². The first-order valence-electron chi connectivity index (χ1n) is 10.3. The van der Waals surface area contributed by atoms with Crippen molar-refractivity contribution in [2.45, 2.75) is 38.3 Å². The van der Waals surface area contributed by atoms with E-state index in [9.17, 15) is 18.0 Å². The van der Waals surface area contributed by atoms with E-state index in [4.69, 9.17) is 11.6 Å². The van der Waals surface area contributed by atoms with Gasteiger partial charge in [0.2, 0.25) is 5.91 Å². The number of hydrogen-bond acceptors (Lipinski definition) is 2. The van der Waals surface area contributed by atoms with E-state index in [1.807, 2.05) is 4.90 Å². The van der Waals surface area contributed by atoms with Crippen LogP contribution in [0.5, 0.6) is 0 Å². The lowest BCUT2D eigenvalue weighted by molar-refractivity contribution is -0.137. The van der Waals surface area contributed by atoms with E-state index in [0.29, 0.717) is 40.9 Å². The van der Waals surface area contributed by atoms with E-state index in [1.54, 1.807) is 35.0 Å². The third kappa shape index (κ3) is 4.71. The topological polar surface area (TPSA) is 37.6 Å². The molecule has 2 aromatic heterocycles. The summed E-state index contributed by atoms with van der Waals surface area (Å²) in [7, 11) is 0. The minimum Gasteiger partial charge on any atom is -0.343 e. The third-order valence-corrected chi connectivity index (χ3v) is 6.21. The number of likely N-dealkylation sites (tertiary alicyclic amines) is 1. The van der Waals surface area contributed by atoms with Crippen LogP contribution >= 0.6 is 11.6 Å². The van der Waals surface area contributed by atoms with Gasteiger partial charge in [0.15, 0.2) is 0 Å². The lowest BCUT2D eigenvalue weighted by Gasteiger charge is -2.31. The number of alkyl halides is 3. The van der Waals surface area contributed by atoms with Crippen LogP contribution < -0.4 is 0 Å². The zero-order valence-electron chi connectivity index (χ0n) is 17.1. The van der Waals surface area contributed by atoms with Gasteiger partial charge in [-0.2, -0.15) is 13.2 Å². The number of carbonyl (C=O) groups excluding carboxylic acids is 1. The molecule has 3 aromatic rings. The number of halogens is 4. The van der Waals surface area contributed by atoms with Crippen molar-refractivity contribution in [1.29, 1.82) is 0 Å². The Hall–Kier alpha value is -2.54. The molecule has 0 N–H and O–H groups in total. The molecule has 0 radical (unpaired) electrons. The molecule has 1 saturated heterocycles. The largest absolute Gasteiger partial charge is 0.416 e. The normalized spacial score (nSPS) is 16.6. The summed E-state index contributed by atoms with van der Waals surface area (Å²) in [6.07, 6.45) is 0.762. The second-order valence-electron chi connectivity index (χ2n) is 8.20. The average molecular weight is 450 g/mol. The maximum Gasteiger partial charge on any atom is 0.416 e. The van der Waals surface area contributed by atoms with Gasteiger partial charge in [-0.05, 0) is 42.5 Å². The molecule has 1 aliphatic heterocycles. The first-order valence-corrected chi connectivity index (χ1v) is 10.7. The summed E-state index contributed by atoms with van der Waals surface area (Å²) >= 11 is 6.15. The summed E-state index contributed by atoms with van der Waals surface area (Å²) in [4.78, 5) is 19.3. The maximum atomic E-state index is 13.4. The summed E-state index contributed by atoms with van der Waals surface area (Å²) in [6, 6.07) is 8.62. The summed E-state index contributed by atoms with van der Waals surface area (Å²) < 4.78 is 41.8. The van der Waals surface area contributed by atoms with E-state index in [2.05, 4.69) is 11.9 Å². The van der Waals surface area contributed by atoms with Crippen LogP contribution in [-0.2, 0) is 11.0 Å². The number of imidazole rings is 1. The molecule has 0 bridgehead atoms. The molecule has 4 rings (SSSR count). The fraction of sp³-hybridized carbons (Fsp3) is 0.391. The molecule has 1 atom stereocenters. The van der Waals surface area contributed by atoms with E-state index in [0.717, 1.165) is 25.0 Å². The third-order valence-electron chi connectivity index (χ3n) is 5.99. The van der Waals surface area contributed by atoms with Gasteiger partial charge in [0.25, 0.3) is 0 Å². The Morgan fingerprint density at radius 1 is 1.23 bits per heavy atom. The number of piperidine rings is 1. The number of aromatic nitrogens is 2. The highest BCUT2D eigenvalue weighted by Gasteiger charge is 2.32. The quantitative estimate of drug-likeness (QED) is 0.505.